The summed E-state index contributed by atoms with van der Waals surface area (Å²) in [4.78, 5) is 12.0. The second kappa shape index (κ2) is 17.8. The summed E-state index contributed by atoms with van der Waals surface area (Å²) in [7, 11) is 0. The van der Waals surface area contributed by atoms with Crippen LogP contribution >= 0.6 is 25.3 Å². The van der Waals surface area contributed by atoms with Gasteiger partial charge in [-0.25, -0.2) is 4.79 Å². The number of thiol groups is 2. The zero-order valence-electron chi connectivity index (χ0n) is 14.6. The number of rotatable bonds is 15. The molecule has 0 bridgehead atoms. The van der Waals surface area contributed by atoms with Crippen LogP contribution in [0.25, 0.3) is 0 Å². The van der Waals surface area contributed by atoms with E-state index < -0.39 is 4.08 Å². The quantitative estimate of drug-likeness (QED) is 0.119. The van der Waals surface area contributed by atoms with Crippen molar-refractivity contribution in [3.63, 3.8) is 0 Å². The van der Waals surface area contributed by atoms with Gasteiger partial charge in [-0.1, -0.05) is 84.5 Å². The van der Waals surface area contributed by atoms with Crippen molar-refractivity contribution in [3.8, 4) is 0 Å². The van der Waals surface area contributed by atoms with Crippen molar-refractivity contribution in [1.29, 1.82) is 0 Å². The molecule has 0 unspecified atom stereocenters. The van der Waals surface area contributed by atoms with E-state index in [2.05, 4.69) is 39.1 Å². The van der Waals surface area contributed by atoms with Gasteiger partial charge in [0.15, 0.2) is 4.08 Å². The van der Waals surface area contributed by atoms with Crippen LogP contribution in [0.15, 0.2) is 0 Å². The average Bonchev–Trinajstić information content (AvgIpc) is 2.49. The number of hydrogen-bond acceptors (Lipinski definition) is 4. The summed E-state index contributed by atoms with van der Waals surface area (Å²) in [5.74, 6) is -0.277. The molecule has 0 rings (SSSR count). The van der Waals surface area contributed by atoms with Crippen molar-refractivity contribution in [2.75, 3.05) is 6.61 Å². The Balaban J connectivity index is 0. The number of hydrogen-bond donors (Lipinski definition) is 2. The maximum atomic E-state index is 12.0. The molecule has 140 valence electrons. The summed E-state index contributed by atoms with van der Waals surface area (Å²) >= 11 is 8.77. The minimum absolute atomic E-state index is 0. The van der Waals surface area contributed by atoms with Crippen molar-refractivity contribution < 1.29 is 9.53 Å². The van der Waals surface area contributed by atoms with Crippen LogP contribution in [-0.4, -0.2) is 40.6 Å². The van der Waals surface area contributed by atoms with E-state index in [1.165, 1.54) is 51.4 Å². The fraction of sp³-hybridized carbons (Fsp3) is 0.944. The standard InChI is InChI=1S/C18H36O2S2.Sn.4H/c1-3-5-7-9-11-13-15-18(21,22)17(19)20-16-14-12-10-8-6-4-2;;;;;/h21-22H,3-16H2,1-2H3;;;;;. The fourth-order valence-corrected chi connectivity index (χ4v) is 2.86. The Morgan fingerprint density at radius 3 is 1.74 bits per heavy atom. The van der Waals surface area contributed by atoms with Crippen molar-refractivity contribution in [1.82, 2.24) is 0 Å². The molecule has 0 saturated heterocycles. The molecule has 2 nitrogen and oxygen atoms in total. The minimum atomic E-state index is -0.924. The molecule has 0 aliphatic rings. The van der Waals surface area contributed by atoms with Crippen LogP contribution in [0.2, 0.25) is 0 Å². The first-order valence-corrected chi connectivity index (χ1v) is 10.1. The molecule has 0 heterocycles. The number of carbonyl (C=O) groups excluding carboxylic acids is 1. The zero-order valence-corrected chi connectivity index (χ0v) is 16.4. The predicted octanol–water partition coefficient (Wildman–Crippen LogP) is 4.75. The van der Waals surface area contributed by atoms with E-state index in [0.29, 0.717) is 13.0 Å². The summed E-state index contributed by atoms with van der Waals surface area (Å²) < 4.78 is 4.39. The Morgan fingerprint density at radius 1 is 0.783 bits per heavy atom. The molecule has 0 saturated carbocycles. The van der Waals surface area contributed by atoms with Crippen molar-refractivity contribution in [2.45, 2.75) is 101 Å². The molecule has 0 amide bonds. The Labute approximate surface area is 172 Å². The first-order valence-electron chi connectivity index (χ1n) is 9.16. The molecule has 0 aliphatic carbocycles. The van der Waals surface area contributed by atoms with Gasteiger partial charge in [-0.2, -0.15) is 25.3 Å². The van der Waals surface area contributed by atoms with Gasteiger partial charge in [0.1, 0.15) is 0 Å². The van der Waals surface area contributed by atoms with Gasteiger partial charge in [0.25, 0.3) is 0 Å². The van der Waals surface area contributed by atoms with E-state index >= 15 is 0 Å². The van der Waals surface area contributed by atoms with Crippen LogP contribution in [0.4, 0.5) is 0 Å². The normalized spacial score (nSPS) is 11.1. The first kappa shape index (κ1) is 26.2. The summed E-state index contributed by atoms with van der Waals surface area (Å²) in [5, 5.41) is 0. The van der Waals surface area contributed by atoms with Crippen LogP contribution in [0.5, 0.6) is 0 Å². The van der Waals surface area contributed by atoms with E-state index in [0.717, 1.165) is 25.7 Å². The molecular formula is C18H40O2S2Sn. The zero-order chi connectivity index (χ0) is 16.7. The topological polar surface area (TPSA) is 26.3 Å². The van der Waals surface area contributed by atoms with Gasteiger partial charge in [0.05, 0.1) is 6.61 Å². The monoisotopic (exact) mass is 472 g/mol. The van der Waals surface area contributed by atoms with Crippen molar-refractivity contribution in [3.05, 3.63) is 0 Å². The molecule has 0 aromatic carbocycles. The molecule has 0 aliphatic heterocycles. The second-order valence-corrected chi connectivity index (χ2v) is 8.12. The molecule has 23 heavy (non-hydrogen) atoms. The molecule has 0 atom stereocenters. The Morgan fingerprint density at radius 2 is 1.22 bits per heavy atom. The number of carbonyl (C=O) groups is 1. The third kappa shape index (κ3) is 16.2. The van der Waals surface area contributed by atoms with Crippen LogP contribution in [0.1, 0.15) is 97.3 Å². The third-order valence-corrected chi connectivity index (χ3v) is 4.75. The first-order chi connectivity index (χ1) is 10.5. The number of esters is 1. The SMILES string of the molecule is CCCCCCCCOC(=O)C(S)(S)CCCCCCCC.[SnH4]. The van der Waals surface area contributed by atoms with E-state index in [4.69, 9.17) is 4.74 Å². The molecule has 0 spiro atoms. The van der Waals surface area contributed by atoms with Crippen LogP contribution < -0.4 is 0 Å². The van der Waals surface area contributed by atoms with Crippen molar-refractivity contribution in [2.24, 2.45) is 0 Å². The molecule has 0 radical (unpaired) electrons. The maximum absolute atomic E-state index is 12.0. The van der Waals surface area contributed by atoms with Gasteiger partial charge in [-0.3, -0.25) is 0 Å². The fourth-order valence-electron chi connectivity index (χ4n) is 2.42. The van der Waals surface area contributed by atoms with E-state index in [-0.39, 0.29) is 29.9 Å². The van der Waals surface area contributed by atoms with Gasteiger partial charge >= 0.3 is 29.9 Å². The van der Waals surface area contributed by atoms with Crippen LogP contribution in [0, 0.1) is 0 Å². The number of ether oxygens (including phenoxy) is 1. The molecule has 0 N–H and O–H groups in total. The molecular weight excluding hydrogens is 431 g/mol. The van der Waals surface area contributed by atoms with Gasteiger partial charge in [-0.05, 0) is 12.8 Å². The summed E-state index contributed by atoms with van der Waals surface area (Å²) in [6.45, 7) is 4.93. The summed E-state index contributed by atoms with van der Waals surface area (Å²) in [6, 6.07) is 0. The van der Waals surface area contributed by atoms with E-state index in [1.54, 1.807) is 0 Å². The van der Waals surface area contributed by atoms with Crippen LogP contribution in [0.3, 0.4) is 0 Å². The van der Waals surface area contributed by atoms with E-state index in [1.807, 2.05) is 0 Å². The van der Waals surface area contributed by atoms with E-state index in [9.17, 15) is 4.79 Å². The Hall–Kier alpha value is 0.969. The second-order valence-electron chi connectivity index (χ2n) is 6.24. The Kier molecular flexibility index (Phi) is 20.3. The molecule has 0 fully saturated rings. The molecule has 0 aromatic rings. The summed E-state index contributed by atoms with van der Waals surface area (Å²) in [6.07, 6.45) is 15.0. The summed E-state index contributed by atoms with van der Waals surface area (Å²) in [5.41, 5.74) is 0. The van der Waals surface area contributed by atoms with Crippen molar-refractivity contribution >= 4 is 55.1 Å². The van der Waals surface area contributed by atoms with Gasteiger partial charge < -0.3 is 4.74 Å². The van der Waals surface area contributed by atoms with Gasteiger partial charge in [-0.15, -0.1) is 0 Å². The average molecular weight is 471 g/mol. The molecule has 5 heteroatoms. The number of unbranched alkanes of at least 4 members (excludes halogenated alkanes) is 10. The van der Waals surface area contributed by atoms with Crippen LogP contribution in [-0.2, 0) is 9.53 Å². The van der Waals surface area contributed by atoms with Gasteiger partial charge in [0, 0.05) is 0 Å². The predicted molar refractivity (Wildman–Crippen MR) is 114 cm³/mol. The van der Waals surface area contributed by atoms with Gasteiger partial charge in [0.2, 0.25) is 0 Å². The Bertz CT molecular complexity index is 274. The third-order valence-electron chi connectivity index (χ3n) is 3.94. The molecule has 0 aromatic heterocycles.